The number of nitrogens with one attached hydrogen (secondary N) is 2. The second kappa shape index (κ2) is 8.33. The van der Waals surface area contributed by atoms with Gasteiger partial charge in [0.25, 0.3) is 0 Å². The number of aryl methyl sites for hydroxylation is 1. The Balaban J connectivity index is 1.94. The van der Waals surface area contributed by atoms with Gasteiger partial charge in [-0.15, -0.1) is 0 Å². The second-order valence-electron chi connectivity index (χ2n) is 5.62. The molecular weight excluding hydrogens is 290 g/mol. The fourth-order valence-corrected chi connectivity index (χ4v) is 2.09. The maximum absolute atomic E-state index is 5.16. The number of benzene rings is 1. The van der Waals surface area contributed by atoms with Crippen molar-refractivity contribution in [1.29, 1.82) is 0 Å². The van der Waals surface area contributed by atoms with E-state index in [4.69, 9.17) is 4.74 Å². The Morgan fingerprint density at radius 2 is 1.70 bits per heavy atom. The lowest BCUT2D eigenvalue weighted by Crippen LogP contribution is -2.21. The Hall–Kier alpha value is -2.34. The number of likely N-dealkylation sites (N-methyl/N-ethyl adjacent to an activating group) is 1. The third-order valence-corrected chi connectivity index (χ3v) is 3.34. The molecule has 1 aromatic carbocycles. The number of aromatic nitrogens is 2. The highest BCUT2D eigenvalue weighted by atomic mass is 16.5. The van der Waals surface area contributed by atoms with E-state index in [9.17, 15) is 0 Å². The van der Waals surface area contributed by atoms with E-state index in [1.165, 1.54) is 5.56 Å². The lowest BCUT2D eigenvalue weighted by atomic mass is 10.2. The summed E-state index contributed by atoms with van der Waals surface area (Å²) >= 11 is 0. The van der Waals surface area contributed by atoms with Crippen LogP contribution in [0.2, 0.25) is 0 Å². The van der Waals surface area contributed by atoms with Crippen molar-refractivity contribution < 1.29 is 4.74 Å². The summed E-state index contributed by atoms with van der Waals surface area (Å²) in [5.74, 6) is 3.27. The normalized spacial score (nSPS) is 10.7. The summed E-state index contributed by atoms with van der Waals surface area (Å²) in [6.45, 7) is 4.41. The Morgan fingerprint density at radius 1 is 1.04 bits per heavy atom. The van der Waals surface area contributed by atoms with Gasteiger partial charge in [0.2, 0.25) is 0 Å². The van der Waals surface area contributed by atoms with E-state index in [2.05, 4.69) is 39.6 Å². The molecule has 0 aliphatic rings. The molecule has 2 rings (SSSR count). The van der Waals surface area contributed by atoms with Crippen LogP contribution in [0.15, 0.2) is 30.3 Å². The highest BCUT2D eigenvalue weighted by Gasteiger charge is 2.02. The van der Waals surface area contributed by atoms with Crippen LogP contribution in [0.25, 0.3) is 0 Å². The molecule has 6 heteroatoms. The van der Waals surface area contributed by atoms with Crippen LogP contribution < -0.4 is 15.4 Å². The van der Waals surface area contributed by atoms with Crippen molar-refractivity contribution in [3.8, 4) is 5.75 Å². The fraction of sp³-hybridized carbons (Fsp3) is 0.412. The van der Waals surface area contributed by atoms with Crippen LogP contribution in [0, 0.1) is 6.92 Å². The smallest absolute Gasteiger partial charge is 0.132 e. The van der Waals surface area contributed by atoms with Crippen LogP contribution in [0.5, 0.6) is 5.75 Å². The van der Waals surface area contributed by atoms with Crippen molar-refractivity contribution in [1.82, 2.24) is 14.9 Å². The topological polar surface area (TPSA) is 62.3 Å². The van der Waals surface area contributed by atoms with Crippen molar-refractivity contribution >= 4 is 11.6 Å². The third kappa shape index (κ3) is 5.75. The molecule has 0 aliphatic heterocycles. The molecular formula is C17H25N5O. The molecule has 0 atom stereocenters. The monoisotopic (exact) mass is 315 g/mol. The van der Waals surface area contributed by atoms with E-state index < -0.39 is 0 Å². The molecule has 0 radical (unpaired) electrons. The first-order valence-electron chi connectivity index (χ1n) is 7.68. The van der Waals surface area contributed by atoms with E-state index in [1.54, 1.807) is 7.11 Å². The number of hydrogen-bond acceptors (Lipinski definition) is 6. The van der Waals surface area contributed by atoms with Gasteiger partial charge in [0.1, 0.15) is 23.2 Å². The Bertz CT molecular complexity index is 613. The minimum atomic E-state index is 0.706. The van der Waals surface area contributed by atoms with Gasteiger partial charge in [-0.3, -0.25) is 0 Å². The van der Waals surface area contributed by atoms with Crippen LogP contribution in [-0.4, -0.2) is 49.2 Å². The molecule has 124 valence electrons. The molecule has 0 unspecified atom stereocenters. The van der Waals surface area contributed by atoms with Gasteiger partial charge in [0, 0.05) is 25.7 Å². The van der Waals surface area contributed by atoms with Crippen LogP contribution in [0.4, 0.5) is 11.6 Å². The van der Waals surface area contributed by atoms with Gasteiger partial charge in [-0.25, -0.2) is 9.97 Å². The summed E-state index contributed by atoms with van der Waals surface area (Å²) in [6, 6.07) is 9.92. The van der Waals surface area contributed by atoms with Crippen molar-refractivity contribution in [2.24, 2.45) is 0 Å². The lowest BCUT2D eigenvalue weighted by molar-refractivity contribution is 0.414. The highest BCUT2D eigenvalue weighted by molar-refractivity contribution is 5.48. The van der Waals surface area contributed by atoms with E-state index in [1.807, 2.05) is 37.3 Å². The molecule has 0 spiro atoms. The molecule has 0 fully saturated rings. The quantitative estimate of drug-likeness (QED) is 0.780. The first kappa shape index (κ1) is 17.0. The molecule has 0 bridgehead atoms. The molecule has 1 heterocycles. The molecule has 6 nitrogen and oxygen atoms in total. The average Bonchev–Trinajstić information content (AvgIpc) is 2.52. The molecule has 0 saturated heterocycles. The van der Waals surface area contributed by atoms with E-state index in [-0.39, 0.29) is 0 Å². The zero-order valence-corrected chi connectivity index (χ0v) is 14.3. The molecule has 2 aromatic rings. The van der Waals surface area contributed by atoms with Gasteiger partial charge in [0.05, 0.1) is 7.11 Å². The molecule has 23 heavy (non-hydrogen) atoms. The number of nitrogens with zero attached hydrogens (tertiary/aromatic N) is 3. The maximum Gasteiger partial charge on any atom is 0.132 e. The van der Waals surface area contributed by atoms with Crippen molar-refractivity contribution in [3.63, 3.8) is 0 Å². The molecule has 0 amide bonds. The minimum Gasteiger partial charge on any atom is -0.497 e. The summed E-state index contributed by atoms with van der Waals surface area (Å²) in [5.41, 5.74) is 1.17. The summed E-state index contributed by atoms with van der Waals surface area (Å²) in [7, 11) is 5.77. The van der Waals surface area contributed by atoms with Crippen LogP contribution >= 0.6 is 0 Å². The van der Waals surface area contributed by atoms with Gasteiger partial charge < -0.3 is 20.3 Å². The first-order valence-corrected chi connectivity index (χ1v) is 7.68. The molecule has 0 aliphatic carbocycles. The first-order chi connectivity index (χ1) is 11.1. The number of methoxy groups -OCH3 is 1. The summed E-state index contributed by atoms with van der Waals surface area (Å²) in [4.78, 5) is 11.0. The van der Waals surface area contributed by atoms with Crippen LogP contribution in [0.3, 0.4) is 0 Å². The lowest BCUT2D eigenvalue weighted by Gasteiger charge is -2.12. The predicted molar refractivity (Wildman–Crippen MR) is 94.1 cm³/mol. The van der Waals surface area contributed by atoms with Gasteiger partial charge >= 0.3 is 0 Å². The van der Waals surface area contributed by atoms with Gasteiger partial charge in [-0.05, 0) is 38.7 Å². The van der Waals surface area contributed by atoms with Crippen LogP contribution in [-0.2, 0) is 6.54 Å². The van der Waals surface area contributed by atoms with Gasteiger partial charge in [0.15, 0.2) is 0 Å². The number of hydrogen-bond donors (Lipinski definition) is 2. The number of anilines is 2. The average molecular weight is 315 g/mol. The zero-order chi connectivity index (χ0) is 16.7. The van der Waals surface area contributed by atoms with Crippen LogP contribution in [0.1, 0.15) is 11.4 Å². The second-order valence-corrected chi connectivity index (χ2v) is 5.62. The van der Waals surface area contributed by atoms with Gasteiger partial charge in [-0.2, -0.15) is 0 Å². The van der Waals surface area contributed by atoms with E-state index >= 15 is 0 Å². The SMILES string of the molecule is COc1ccc(CNc2cc(NCCN(C)C)nc(C)n2)cc1. The standard InChI is InChI=1S/C17H25N5O/c1-13-20-16(18-9-10-22(2)3)11-17(21-13)19-12-14-5-7-15(23-4)8-6-14/h5-8,11H,9-10,12H2,1-4H3,(H2,18,19,20,21). The fourth-order valence-electron chi connectivity index (χ4n) is 2.09. The van der Waals surface area contributed by atoms with E-state index in [0.717, 1.165) is 36.3 Å². The third-order valence-electron chi connectivity index (χ3n) is 3.34. The Labute approximate surface area is 137 Å². The summed E-state index contributed by atoms with van der Waals surface area (Å²) < 4.78 is 5.16. The predicted octanol–water partition coefficient (Wildman–Crippen LogP) is 2.38. The largest absolute Gasteiger partial charge is 0.497 e. The number of ether oxygens (including phenoxy) is 1. The number of rotatable bonds is 8. The molecule has 1 aromatic heterocycles. The summed E-state index contributed by atoms with van der Waals surface area (Å²) in [6.07, 6.45) is 0. The summed E-state index contributed by atoms with van der Waals surface area (Å²) in [5, 5.41) is 6.66. The van der Waals surface area contributed by atoms with Crippen molar-refractivity contribution in [3.05, 3.63) is 41.7 Å². The highest BCUT2D eigenvalue weighted by Crippen LogP contribution is 2.14. The zero-order valence-electron chi connectivity index (χ0n) is 14.3. The van der Waals surface area contributed by atoms with E-state index in [0.29, 0.717) is 6.54 Å². The molecule has 0 saturated carbocycles. The van der Waals surface area contributed by atoms with Gasteiger partial charge in [-0.1, -0.05) is 12.1 Å². The Morgan fingerprint density at radius 3 is 2.30 bits per heavy atom. The van der Waals surface area contributed by atoms with Crippen molar-refractivity contribution in [2.75, 3.05) is 44.9 Å². The minimum absolute atomic E-state index is 0.706. The molecule has 2 N–H and O–H groups in total. The van der Waals surface area contributed by atoms with Crippen molar-refractivity contribution in [2.45, 2.75) is 13.5 Å². The Kier molecular flexibility index (Phi) is 6.17. The maximum atomic E-state index is 5.16.